The van der Waals surface area contributed by atoms with Crippen molar-refractivity contribution in [1.29, 1.82) is 0 Å². The van der Waals surface area contributed by atoms with Crippen LogP contribution in [-0.2, 0) is 4.79 Å². The van der Waals surface area contributed by atoms with E-state index >= 15 is 0 Å². The smallest absolute Gasteiger partial charge is 0.143 e. The summed E-state index contributed by atoms with van der Waals surface area (Å²) in [5.74, 6) is 0.877. The second-order valence-electron chi connectivity index (χ2n) is 3.03. The van der Waals surface area contributed by atoms with Crippen LogP contribution in [0.3, 0.4) is 0 Å². The molecule has 0 amide bonds. The molecular formula is C11H13ClOS. The van der Waals surface area contributed by atoms with E-state index in [1.165, 1.54) is 0 Å². The lowest BCUT2D eigenvalue weighted by Crippen LogP contribution is -1.99. The van der Waals surface area contributed by atoms with Gasteiger partial charge in [-0.05, 0) is 30.7 Å². The zero-order valence-corrected chi connectivity index (χ0v) is 9.70. The van der Waals surface area contributed by atoms with Crippen LogP contribution in [0.2, 0.25) is 5.02 Å². The zero-order chi connectivity index (χ0) is 10.4. The summed E-state index contributed by atoms with van der Waals surface area (Å²) in [5, 5.41) is 0.731. The summed E-state index contributed by atoms with van der Waals surface area (Å²) in [6.07, 6.45) is 1.61. The fourth-order valence-corrected chi connectivity index (χ4v) is 1.97. The molecule has 0 aliphatic heterocycles. The van der Waals surface area contributed by atoms with Crippen molar-refractivity contribution in [3.63, 3.8) is 0 Å². The molecule has 1 aromatic rings. The maximum Gasteiger partial charge on any atom is 0.143 e. The van der Waals surface area contributed by atoms with Gasteiger partial charge in [-0.25, -0.2) is 0 Å². The predicted molar refractivity (Wildman–Crippen MR) is 62.1 cm³/mol. The van der Waals surface area contributed by atoms with Gasteiger partial charge in [-0.1, -0.05) is 18.5 Å². The van der Waals surface area contributed by atoms with E-state index in [9.17, 15) is 4.79 Å². The van der Waals surface area contributed by atoms with Gasteiger partial charge < -0.3 is 0 Å². The normalized spacial score (nSPS) is 10.1. The third kappa shape index (κ3) is 4.16. The van der Waals surface area contributed by atoms with Crippen molar-refractivity contribution in [2.24, 2.45) is 0 Å². The first kappa shape index (κ1) is 11.6. The van der Waals surface area contributed by atoms with Crippen LogP contribution in [0.25, 0.3) is 0 Å². The van der Waals surface area contributed by atoms with Crippen molar-refractivity contribution >= 4 is 29.1 Å². The number of ketones is 1. The number of carbonyl (C=O) groups excluding carboxylic acids is 1. The Kier molecular flexibility index (Phi) is 5.05. The second-order valence-corrected chi connectivity index (χ2v) is 4.52. The standard InChI is InChI=1S/C11H13ClOS/c1-2-3-10(13)8-14-11-6-4-9(12)5-7-11/h4-7H,2-3,8H2,1H3. The molecule has 0 aliphatic rings. The van der Waals surface area contributed by atoms with Crippen molar-refractivity contribution < 1.29 is 4.79 Å². The Morgan fingerprint density at radius 3 is 2.57 bits per heavy atom. The molecular weight excluding hydrogens is 216 g/mol. The summed E-state index contributed by atoms with van der Waals surface area (Å²) in [7, 11) is 0. The Balaban J connectivity index is 2.38. The number of carbonyl (C=O) groups is 1. The van der Waals surface area contributed by atoms with E-state index in [1.807, 2.05) is 31.2 Å². The fourth-order valence-electron chi connectivity index (χ4n) is 1.05. The van der Waals surface area contributed by atoms with Gasteiger partial charge in [-0.15, -0.1) is 11.8 Å². The number of hydrogen-bond donors (Lipinski definition) is 0. The van der Waals surface area contributed by atoms with E-state index in [0.717, 1.165) is 16.3 Å². The Hall–Kier alpha value is -0.470. The second kappa shape index (κ2) is 6.10. The number of halogens is 1. The van der Waals surface area contributed by atoms with Crippen molar-refractivity contribution in [1.82, 2.24) is 0 Å². The Bertz CT molecular complexity index is 295. The Labute approximate surface area is 93.8 Å². The van der Waals surface area contributed by atoms with E-state index in [-0.39, 0.29) is 0 Å². The van der Waals surface area contributed by atoms with Gasteiger partial charge in [0, 0.05) is 16.3 Å². The summed E-state index contributed by atoms with van der Waals surface area (Å²) in [4.78, 5) is 12.3. The lowest BCUT2D eigenvalue weighted by atomic mass is 10.3. The molecule has 0 unspecified atom stereocenters. The monoisotopic (exact) mass is 228 g/mol. The topological polar surface area (TPSA) is 17.1 Å². The van der Waals surface area contributed by atoms with Crippen molar-refractivity contribution in [2.75, 3.05) is 5.75 Å². The van der Waals surface area contributed by atoms with Crippen LogP contribution >= 0.6 is 23.4 Å². The molecule has 1 rings (SSSR count). The van der Waals surface area contributed by atoms with E-state index < -0.39 is 0 Å². The molecule has 0 aliphatic carbocycles. The van der Waals surface area contributed by atoms with Crippen molar-refractivity contribution in [3.05, 3.63) is 29.3 Å². The minimum atomic E-state index is 0.312. The summed E-state index contributed by atoms with van der Waals surface area (Å²) in [6, 6.07) is 7.56. The minimum Gasteiger partial charge on any atom is -0.299 e. The zero-order valence-electron chi connectivity index (χ0n) is 8.13. The number of thioether (sulfide) groups is 1. The van der Waals surface area contributed by atoms with E-state index in [2.05, 4.69) is 0 Å². The van der Waals surface area contributed by atoms with Gasteiger partial charge in [0.2, 0.25) is 0 Å². The third-order valence-electron chi connectivity index (χ3n) is 1.74. The predicted octanol–water partition coefficient (Wildman–Crippen LogP) is 3.80. The molecule has 0 saturated heterocycles. The largest absolute Gasteiger partial charge is 0.299 e. The highest BCUT2D eigenvalue weighted by molar-refractivity contribution is 8.00. The van der Waals surface area contributed by atoms with Crippen LogP contribution in [0.15, 0.2) is 29.2 Å². The number of hydrogen-bond acceptors (Lipinski definition) is 2. The van der Waals surface area contributed by atoms with Crippen LogP contribution in [0.1, 0.15) is 19.8 Å². The van der Waals surface area contributed by atoms with Crippen LogP contribution < -0.4 is 0 Å². The molecule has 0 bridgehead atoms. The van der Waals surface area contributed by atoms with Crippen LogP contribution in [0, 0.1) is 0 Å². The minimum absolute atomic E-state index is 0.312. The van der Waals surface area contributed by atoms with Gasteiger partial charge in [-0.2, -0.15) is 0 Å². The first-order valence-electron chi connectivity index (χ1n) is 4.62. The average molecular weight is 229 g/mol. The molecule has 0 aromatic heterocycles. The van der Waals surface area contributed by atoms with Crippen molar-refractivity contribution in [2.45, 2.75) is 24.7 Å². The van der Waals surface area contributed by atoms with Crippen molar-refractivity contribution in [3.8, 4) is 0 Å². The summed E-state index contributed by atoms with van der Waals surface area (Å²) in [6.45, 7) is 2.02. The molecule has 0 N–H and O–H groups in total. The Morgan fingerprint density at radius 1 is 1.36 bits per heavy atom. The highest BCUT2D eigenvalue weighted by atomic mass is 35.5. The molecule has 0 spiro atoms. The quantitative estimate of drug-likeness (QED) is 0.713. The third-order valence-corrected chi connectivity index (χ3v) is 3.07. The molecule has 0 heterocycles. The molecule has 1 aromatic carbocycles. The lowest BCUT2D eigenvalue weighted by molar-refractivity contribution is -0.116. The molecule has 76 valence electrons. The maximum absolute atomic E-state index is 11.2. The molecule has 0 atom stereocenters. The van der Waals surface area contributed by atoms with Crippen LogP contribution in [0.4, 0.5) is 0 Å². The van der Waals surface area contributed by atoms with Gasteiger partial charge in [0.25, 0.3) is 0 Å². The first-order valence-corrected chi connectivity index (χ1v) is 5.99. The Morgan fingerprint density at radius 2 is 2.00 bits per heavy atom. The van der Waals surface area contributed by atoms with Crippen LogP contribution in [-0.4, -0.2) is 11.5 Å². The summed E-state index contributed by atoms with van der Waals surface area (Å²) in [5.41, 5.74) is 0. The molecule has 1 nitrogen and oxygen atoms in total. The van der Waals surface area contributed by atoms with Gasteiger partial charge in [0.05, 0.1) is 5.75 Å². The molecule has 14 heavy (non-hydrogen) atoms. The maximum atomic E-state index is 11.2. The average Bonchev–Trinajstić information content (AvgIpc) is 2.17. The van der Waals surface area contributed by atoms with Gasteiger partial charge in [0.15, 0.2) is 0 Å². The van der Waals surface area contributed by atoms with E-state index in [0.29, 0.717) is 18.0 Å². The lowest BCUT2D eigenvalue weighted by Gasteiger charge is -2.00. The highest BCUT2D eigenvalue weighted by Gasteiger charge is 2.01. The van der Waals surface area contributed by atoms with E-state index in [1.54, 1.807) is 11.8 Å². The molecule has 0 radical (unpaired) electrons. The molecule has 0 fully saturated rings. The van der Waals surface area contributed by atoms with E-state index in [4.69, 9.17) is 11.6 Å². The van der Waals surface area contributed by atoms with Gasteiger partial charge >= 0.3 is 0 Å². The highest BCUT2D eigenvalue weighted by Crippen LogP contribution is 2.20. The fraction of sp³-hybridized carbons (Fsp3) is 0.364. The summed E-state index contributed by atoms with van der Waals surface area (Å²) < 4.78 is 0. The number of rotatable bonds is 5. The first-order chi connectivity index (χ1) is 6.72. The van der Waals surface area contributed by atoms with Crippen LogP contribution in [0.5, 0.6) is 0 Å². The number of Topliss-reactive ketones (excluding diaryl/α,β-unsaturated/α-hetero) is 1. The summed E-state index contributed by atoms with van der Waals surface area (Å²) >= 11 is 7.32. The van der Waals surface area contributed by atoms with Gasteiger partial charge in [-0.3, -0.25) is 4.79 Å². The molecule has 3 heteroatoms. The van der Waals surface area contributed by atoms with Gasteiger partial charge in [0.1, 0.15) is 5.78 Å². The number of benzene rings is 1. The molecule has 0 saturated carbocycles. The SMILES string of the molecule is CCCC(=O)CSc1ccc(Cl)cc1.